The number of rotatable bonds is 3. The number of sulfone groups is 1. The summed E-state index contributed by atoms with van der Waals surface area (Å²) < 4.78 is 25.2. The summed E-state index contributed by atoms with van der Waals surface area (Å²) in [5.74, 6) is 0.564. The van der Waals surface area contributed by atoms with Crippen molar-refractivity contribution < 1.29 is 8.42 Å². The molecular weight excluding hydrogens is 248 g/mol. The Morgan fingerprint density at radius 1 is 1.44 bits per heavy atom. The summed E-state index contributed by atoms with van der Waals surface area (Å²) in [4.78, 5) is 0. The van der Waals surface area contributed by atoms with Gasteiger partial charge in [0.25, 0.3) is 0 Å². The molecule has 1 aliphatic rings. The Balaban J connectivity index is 2.06. The van der Waals surface area contributed by atoms with E-state index in [9.17, 15) is 8.42 Å². The molecule has 18 heavy (non-hydrogen) atoms. The average molecular weight is 270 g/mol. The van der Waals surface area contributed by atoms with Gasteiger partial charge in [-0.15, -0.1) is 0 Å². The lowest BCUT2D eigenvalue weighted by molar-refractivity contribution is 0.395. The SMILES string of the molecule is Cc1cc(CNC2(C)CCS(=O)(=O)C2)c(C)n1C. The average Bonchev–Trinajstić information content (AvgIpc) is 2.68. The van der Waals surface area contributed by atoms with E-state index in [1.54, 1.807) is 0 Å². The second-order valence-corrected chi connectivity index (χ2v) is 7.90. The molecule has 0 saturated carbocycles. The maximum absolute atomic E-state index is 11.5. The fraction of sp³-hybridized carbons (Fsp3) is 0.692. The highest BCUT2D eigenvalue weighted by atomic mass is 32.2. The summed E-state index contributed by atoms with van der Waals surface area (Å²) in [6.45, 7) is 6.91. The zero-order valence-corrected chi connectivity index (χ0v) is 12.4. The van der Waals surface area contributed by atoms with E-state index in [-0.39, 0.29) is 11.3 Å². The molecule has 4 nitrogen and oxygen atoms in total. The molecule has 1 unspecified atom stereocenters. The summed E-state index contributed by atoms with van der Waals surface area (Å²) >= 11 is 0. The van der Waals surface area contributed by atoms with E-state index in [0.717, 1.165) is 6.54 Å². The molecule has 1 aliphatic heterocycles. The number of aryl methyl sites for hydroxylation is 1. The van der Waals surface area contributed by atoms with Gasteiger partial charge in [-0.3, -0.25) is 0 Å². The lowest BCUT2D eigenvalue weighted by Gasteiger charge is -2.24. The van der Waals surface area contributed by atoms with E-state index < -0.39 is 9.84 Å². The zero-order chi connectivity index (χ0) is 13.6. The van der Waals surface area contributed by atoms with E-state index in [4.69, 9.17) is 0 Å². The minimum absolute atomic E-state index is 0.255. The molecular formula is C13H22N2O2S. The Bertz CT molecular complexity index is 560. The highest BCUT2D eigenvalue weighted by molar-refractivity contribution is 7.91. The van der Waals surface area contributed by atoms with Crippen molar-refractivity contribution in [1.82, 2.24) is 9.88 Å². The molecule has 0 bridgehead atoms. The third-order valence-corrected chi connectivity index (χ3v) is 5.99. The number of hydrogen-bond acceptors (Lipinski definition) is 3. The Hall–Kier alpha value is -0.810. The molecule has 1 N–H and O–H groups in total. The standard InChI is InChI=1S/C13H22N2O2S/c1-10-7-12(11(2)15(10)4)8-14-13(3)5-6-18(16,17)9-13/h7,14H,5-6,8-9H2,1-4H3. The first-order valence-electron chi connectivity index (χ1n) is 6.30. The molecule has 0 aliphatic carbocycles. The van der Waals surface area contributed by atoms with Gasteiger partial charge in [-0.2, -0.15) is 0 Å². The third kappa shape index (κ3) is 2.62. The first-order chi connectivity index (χ1) is 8.22. The maximum Gasteiger partial charge on any atom is 0.152 e. The van der Waals surface area contributed by atoms with Crippen molar-refractivity contribution in [2.75, 3.05) is 11.5 Å². The van der Waals surface area contributed by atoms with Gasteiger partial charge in [0.15, 0.2) is 9.84 Å². The second-order valence-electron chi connectivity index (χ2n) is 5.71. The van der Waals surface area contributed by atoms with Crippen LogP contribution in [-0.2, 0) is 23.4 Å². The van der Waals surface area contributed by atoms with Gasteiger partial charge in [-0.1, -0.05) is 0 Å². The molecule has 2 rings (SSSR count). The van der Waals surface area contributed by atoms with Crippen molar-refractivity contribution in [3.05, 3.63) is 23.0 Å². The van der Waals surface area contributed by atoms with Crippen LogP contribution >= 0.6 is 0 Å². The van der Waals surface area contributed by atoms with E-state index in [1.165, 1.54) is 17.0 Å². The molecule has 1 aromatic heterocycles. The summed E-state index contributed by atoms with van der Waals surface area (Å²) in [6.07, 6.45) is 0.709. The largest absolute Gasteiger partial charge is 0.352 e. The number of nitrogens with one attached hydrogen (secondary N) is 1. The molecule has 2 heterocycles. The van der Waals surface area contributed by atoms with Crippen LogP contribution in [0.25, 0.3) is 0 Å². The minimum Gasteiger partial charge on any atom is -0.352 e. The molecule has 5 heteroatoms. The minimum atomic E-state index is -2.84. The van der Waals surface area contributed by atoms with Crippen molar-refractivity contribution in [2.45, 2.75) is 39.3 Å². The summed E-state index contributed by atoms with van der Waals surface area (Å²) in [7, 11) is -0.788. The normalized spacial score (nSPS) is 26.7. The predicted molar refractivity (Wildman–Crippen MR) is 73.4 cm³/mol. The zero-order valence-electron chi connectivity index (χ0n) is 11.6. The first-order valence-corrected chi connectivity index (χ1v) is 8.12. The topological polar surface area (TPSA) is 51.1 Å². The van der Waals surface area contributed by atoms with Crippen LogP contribution in [-0.4, -0.2) is 30.0 Å². The molecule has 1 fully saturated rings. The van der Waals surface area contributed by atoms with Gasteiger partial charge >= 0.3 is 0 Å². The van der Waals surface area contributed by atoms with Crippen LogP contribution in [0.4, 0.5) is 0 Å². The maximum atomic E-state index is 11.5. The van der Waals surface area contributed by atoms with Crippen LogP contribution in [0.1, 0.15) is 30.3 Å². The van der Waals surface area contributed by atoms with Crippen LogP contribution in [0.5, 0.6) is 0 Å². The Morgan fingerprint density at radius 3 is 2.56 bits per heavy atom. The Morgan fingerprint density at radius 2 is 2.11 bits per heavy atom. The van der Waals surface area contributed by atoms with E-state index in [2.05, 4.69) is 36.8 Å². The monoisotopic (exact) mass is 270 g/mol. The smallest absolute Gasteiger partial charge is 0.152 e. The van der Waals surface area contributed by atoms with Crippen LogP contribution in [0.2, 0.25) is 0 Å². The van der Waals surface area contributed by atoms with Crippen molar-refractivity contribution in [2.24, 2.45) is 7.05 Å². The lowest BCUT2D eigenvalue weighted by Crippen LogP contribution is -2.42. The number of hydrogen-bond donors (Lipinski definition) is 1. The first kappa shape index (κ1) is 13.6. The molecule has 1 saturated heterocycles. The van der Waals surface area contributed by atoms with Crippen LogP contribution in [0, 0.1) is 13.8 Å². The Labute approximate surface area is 109 Å². The highest BCUT2D eigenvalue weighted by Crippen LogP contribution is 2.24. The van der Waals surface area contributed by atoms with Crippen molar-refractivity contribution in [1.29, 1.82) is 0 Å². The highest BCUT2D eigenvalue weighted by Gasteiger charge is 2.37. The lowest BCUT2D eigenvalue weighted by atomic mass is 10.0. The molecule has 1 atom stereocenters. The molecule has 102 valence electrons. The van der Waals surface area contributed by atoms with Gasteiger partial charge in [-0.05, 0) is 38.8 Å². The summed E-state index contributed by atoms with van der Waals surface area (Å²) in [5.41, 5.74) is 3.45. The van der Waals surface area contributed by atoms with E-state index in [1.807, 2.05) is 6.92 Å². The van der Waals surface area contributed by atoms with Gasteiger partial charge < -0.3 is 9.88 Å². The molecule has 0 spiro atoms. The Kier molecular flexibility index (Phi) is 3.32. The van der Waals surface area contributed by atoms with Gasteiger partial charge in [-0.25, -0.2) is 8.42 Å². The predicted octanol–water partition coefficient (Wildman–Crippen LogP) is 1.31. The van der Waals surface area contributed by atoms with Gasteiger partial charge in [0.05, 0.1) is 11.5 Å². The van der Waals surface area contributed by atoms with Gasteiger partial charge in [0, 0.05) is 30.5 Å². The van der Waals surface area contributed by atoms with Gasteiger partial charge in [0.1, 0.15) is 0 Å². The fourth-order valence-electron chi connectivity index (χ4n) is 2.57. The van der Waals surface area contributed by atoms with Crippen molar-refractivity contribution in [3.63, 3.8) is 0 Å². The molecule has 0 radical (unpaired) electrons. The second kappa shape index (κ2) is 4.38. The number of nitrogens with zero attached hydrogens (tertiary/aromatic N) is 1. The quantitative estimate of drug-likeness (QED) is 0.901. The summed E-state index contributed by atoms with van der Waals surface area (Å²) in [6, 6.07) is 2.16. The molecule has 0 amide bonds. The van der Waals surface area contributed by atoms with Crippen molar-refractivity contribution >= 4 is 9.84 Å². The van der Waals surface area contributed by atoms with Crippen LogP contribution < -0.4 is 5.32 Å². The van der Waals surface area contributed by atoms with Crippen LogP contribution in [0.3, 0.4) is 0 Å². The van der Waals surface area contributed by atoms with Crippen LogP contribution in [0.15, 0.2) is 6.07 Å². The molecule has 0 aromatic carbocycles. The van der Waals surface area contributed by atoms with Crippen molar-refractivity contribution in [3.8, 4) is 0 Å². The summed E-state index contributed by atoms with van der Waals surface area (Å²) in [5, 5.41) is 3.42. The van der Waals surface area contributed by atoms with Gasteiger partial charge in [0.2, 0.25) is 0 Å². The molecule has 1 aromatic rings. The number of aromatic nitrogens is 1. The third-order valence-electron chi connectivity index (χ3n) is 4.09. The van der Waals surface area contributed by atoms with E-state index >= 15 is 0 Å². The fourth-order valence-corrected chi connectivity index (χ4v) is 4.69. The van der Waals surface area contributed by atoms with E-state index in [0.29, 0.717) is 12.2 Å².